The number of rotatable bonds is 6. The summed E-state index contributed by atoms with van der Waals surface area (Å²) in [6.45, 7) is 3.39. The summed E-state index contributed by atoms with van der Waals surface area (Å²) in [5, 5.41) is 0. The molecule has 14 heavy (non-hydrogen) atoms. The van der Waals surface area contributed by atoms with Crippen LogP contribution in [0.4, 0.5) is 0 Å². The van der Waals surface area contributed by atoms with Gasteiger partial charge in [0.25, 0.3) is 0 Å². The highest BCUT2D eigenvalue weighted by Gasteiger charge is 2.09. The number of nitrogens with zero attached hydrogens (tertiary/aromatic N) is 1. The van der Waals surface area contributed by atoms with Crippen LogP contribution in [0.3, 0.4) is 0 Å². The maximum Gasteiger partial charge on any atom is 0.112 e. The van der Waals surface area contributed by atoms with Crippen molar-refractivity contribution in [2.45, 2.75) is 25.9 Å². The zero-order valence-corrected chi connectivity index (χ0v) is 8.65. The van der Waals surface area contributed by atoms with Crippen molar-refractivity contribution in [3.05, 3.63) is 30.1 Å². The molecule has 0 aliphatic rings. The van der Waals surface area contributed by atoms with Crippen LogP contribution in [-0.4, -0.2) is 18.1 Å². The van der Waals surface area contributed by atoms with Crippen LogP contribution in [0.25, 0.3) is 0 Å². The summed E-state index contributed by atoms with van der Waals surface area (Å²) in [7, 11) is 0. The second-order valence-corrected chi connectivity index (χ2v) is 3.20. The maximum absolute atomic E-state index is 5.63. The lowest BCUT2D eigenvalue weighted by Crippen LogP contribution is -2.17. The van der Waals surface area contributed by atoms with E-state index in [2.05, 4.69) is 11.9 Å². The van der Waals surface area contributed by atoms with Crippen molar-refractivity contribution in [3.8, 4) is 0 Å². The fraction of sp³-hybridized carbons (Fsp3) is 0.545. The van der Waals surface area contributed by atoms with Gasteiger partial charge in [-0.25, -0.2) is 0 Å². The zero-order valence-electron chi connectivity index (χ0n) is 8.65. The Kier molecular flexibility index (Phi) is 5.19. The summed E-state index contributed by atoms with van der Waals surface area (Å²) in [6.07, 6.45) is 3.92. The molecule has 0 fully saturated rings. The molecule has 0 aliphatic heterocycles. The molecule has 0 bridgehead atoms. The van der Waals surface area contributed by atoms with Gasteiger partial charge in [0.15, 0.2) is 0 Å². The Morgan fingerprint density at radius 3 is 2.93 bits per heavy atom. The predicted octanol–water partition coefficient (Wildman–Crippen LogP) is 1.90. The van der Waals surface area contributed by atoms with Crippen molar-refractivity contribution >= 4 is 0 Å². The third-order valence-corrected chi connectivity index (χ3v) is 2.05. The molecule has 1 atom stereocenters. The van der Waals surface area contributed by atoms with Crippen LogP contribution in [0.1, 0.15) is 31.6 Å². The number of hydrogen-bond acceptors (Lipinski definition) is 3. The second kappa shape index (κ2) is 6.51. The van der Waals surface area contributed by atoms with Gasteiger partial charge in [0.1, 0.15) is 6.10 Å². The Labute approximate surface area is 85.3 Å². The van der Waals surface area contributed by atoms with Gasteiger partial charge in [-0.3, -0.25) is 4.98 Å². The number of aromatic nitrogens is 1. The zero-order chi connectivity index (χ0) is 10.2. The summed E-state index contributed by atoms with van der Waals surface area (Å²) in [4.78, 5) is 4.22. The first kappa shape index (κ1) is 11.1. The van der Waals surface area contributed by atoms with Crippen molar-refractivity contribution < 1.29 is 4.74 Å². The molecule has 0 radical (unpaired) electrons. The van der Waals surface area contributed by atoms with E-state index in [1.165, 1.54) is 0 Å². The van der Waals surface area contributed by atoms with E-state index in [0.717, 1.165) is 25.1 Å². The summed E-state index contributed by atoms with van der Waals surface area (Å²) in [5.74, 6) is 0. The minimum atomic E-state index is -0.0530. The van der Waals surface area contributed by atoms with Gasteiger partial charge in [-0.2, -0.15) is 0 Å². The third-order valence-electron chi connectivity index (χ3n) is 2.05. The Morgan fingerprint density at radius 1 is 1.50 bits per heavy atom. The summed E-state index contributed by atoms with van der Waals surface area (Å²) in [5.41, 5.74) is 6.54. The molecule has 78 valence electrons. The van der Waals surface area contributed by atoms with E-state index in [9.17, 15) is 0 Å². The van der Waals surface area contributed by atoms with Crippen LogP contribution in [0.15, 0.2) is 24.4 Å². The minimum Gasteiger partial charge on any atom is -0.371 e. The van der Waals surface area contributed by atoms with Gasteiger partial charge >= 0.3 is 0 Å². The molecular weight excluding hydrogens is 176 g/mol. The molecule has 0 saturated heterocycles. The number of nitrogens with two attached hydrogens (primary N) is 1. The highest BCUT2D eigenvalue weighted by molar-refractivity contribution is 5.07. The van der Waals surface area contributed by atoms with E-state index in [-0.39, 0.29) is 6.10 Å². The van der Waals surface area contributed by atoms with E-state index < -0.39 is 0 Å². The molecule has 1 rings (SSSR count). The average molecular weight is 194 g/mol. The molecule has 3 nitrogen and oxygen atoms in total. The van der Waals surface area contributed by atoms with Crippen LogP contribution in [0.5, 0.6) is 0 Å². The van der Waals surface area contributed by atoms with Gasteiger partial charge in [0.05, 0.1) is 5.69 Å². The van der Waals surface area contributed by atoms with Gasteiger partial charge in [-0.05, 0) is 18.6 Å². The molecule has 0 aromatic carbocycles. The molecule has 2 N–H and O–H groups in total. The van der Waals surface area contributed by atoms with Gasteiger partial charge in [0.2, 0.25) is 0 Å². The number of pyridine rings is 1. The van der Waals surface area contributed by atoms with Crippen LogP contribution in [-0.2, 0) is 4.74 Å². The van der Waals surface area contributed by atoms with Crippen molar-refractivity contribution in [1.29, 1.82) is 0 Å². The smallest absolute Gasteiger partial charge is 0.112 e. The lowest BCUT2D eigenvalue weighted by atomic mass is 10.2. The molecule has 1 unspecified atom stereocenters. The number of ether oxygens (including phenoxy) is 1. The Bertz CT molecular complexity index is 238. The second-order valence-electron chi connectivity index (χ2n) is 3.20. The third kappa shape index (κ3) is 3.44. The topological polar surface area (TPSA) is 48.1 Å². The predicted molar refractivity (Wildman–Crippen MR) is 56.9 cm³/mol. The minimum absolute atomic E-state index is 0.0530. The SMILES string of the molecule is CCCCOC(CN)c1ccccn1. The molecule has 1 aromatic heterocycles. The fourth-order valence-electron chi connectivity index (χ4n) is 1.21. The van der Waals surface area contributed by atoms with Gasteiger partial charge in [-0.15, -0.1) is 0 Å². The molecule has 0 aliphatic carbocycles. The molecule has 1 aromatic rings. The lowest BCUT2D eigenvalue weighted by Gasteiger charge is -2.14. The van der Waals surface area contributed by atoms with Gasteiger partial charge < -0.3 is 10.5 Å². The van der Waals surface area contributed by atoms with Crippen molar-refractivity contribution in [2.75, 3.05) is 13.2 Å². The highest BCUT2D eigenvalue weighted by Crippen LogP contribution is 2.13. The van der Waals surface area contributed by atoms with Crippen molar-refractivity contribution in [2.24, 2.45) is 5.73 Å². The maximum atomic E-state index is 5.63. The Balaban J connectivity index is 2.46. The average Bonchev–Trinajstić information content (AvgIpc) is 2.26. The van der Waals surface area contributed by atoms with Crippen molar-refractivity contribution in [3.63, 3.8) is 0 Å². The number of hydrogen-bond donors (Lipinski definition) is 1. The largest absolute Gasteiger partial charge is 0.371 e. The van der Waals surface area contributed by atoms with E-state index in [1.54, 1.807) is 6.20 Å². The highest BCUT2D eigenvalue weighted by atomic mass is 16.5. The Hall–Kier alpha value is -0.930. The van der Waals surface area contributed by atoms with Crippen LogP contribution in [0.2, 0.25) is 0 Å². The number of unbranched alkanes of at least 4 members (excludes halogenated alkanes) is 1. The Morgan fingerprint density at radius 2 is 2.36 bits per heavy atom. The molecule has 3 heteroatoms. The first-order valence-corrected chi connectivity index (χ1v) is 5.11. The summed E-state index contributed by atoms with van der Waals surface area (Å²) < 4.78 is 5.63. The van der Waals surface area contributed by atoms with Crippen LogP contribution < -0.4 is 5.73 Å². The van der Waals surface area contributed by atoms with E-state index in [4.69, 9.17) is 10.5 Å². The molecule has 0 amide bonds. The quantitative estimate of drug-likeness (QED) is 0.703. The lowest BCUT2D eigenvalue weighted by molar-refractivity contribution is 0.0538. The van der Waals surface area contributed by atoms with Crippen LogP contribution >= 0.6 is 0 Å². The van der Waals surface area contributed by atoms with Gasteiger partial charge in [-0.1, -0.05) is 19.4 Å². The van der Waals surface area contributed by atoms with E-state index in [0.29, 0.717) is 6.54 Å². The molecule has 0 saturated carbocycles. The van der Waals surface area contributed by atoms with E-state index in [1.807, 2.05) is 18.2 Å². The standard InChI is InChI=1S/C11H18N2O/c1-2-3-8-14-11(9-12)10-6-4-5-7-13-10/h4-7,11H,2-3,8-9,12H2,1H3. The summed E-state index contributed by atoms with van der Waals surface area (Å²) >= 11 is 0. The summed E-state index contributed by atoms with van der Waals surface area (Å²) in [6, 6.07) is 5.79. The first-order valence-electron chi connectivity index (χ1n) is 5.11. The normalized spacial score (nSPS) is 12.7. The monoisotopic (exact) mass is 194 g/mol. The van der Waals surface area contributed by atoms with Crippen molar-refractivity contribution in [1.82, 2.24) is 4.98 Å². The molecule has 1 heterocycles. The fourth-order valence-corrected chi connectivity index (χ4v) is 1.21. The van der Waals surface area contributed by atoms with E-state index >= 15 is 0 Å². The molecule has 0 spiro atoms. The van der Waals surface area contributed by atoms with Crippen LogP contribution in [0, 0.1) is 0 Å². The van der Waals surface area contributed by atoms with Gasteiger partial charge in [0, 0.05) is 19.3 Å². The molecular formula is C11H18N2O. The first-order chi connectivity index (χ1) is 6.88.